The average Bonchev–Trinajstić information content (AvgIpc) is 3.06. The first-order valence-electron chi connectivity index (χ1n) is 9.81. The van der Waals surface area contributed by atoms with Gasteiger partial charge < -0.3 is 20.9 Å². The van der Waals surface area contributed by atoms with E-state index in [9.17, 15) is 9.18 Å². The second-order valence-electron chi connectivity index (χ2n) is 6.99. The Hall–Kier alpha value is -2.86. The molecule has 2 aromatic rings. The van der Waals surface area contributed by atoms with E-state index in [1.54, 1.807) is 6.07 Å². The van der Waals surface area contributed by atoms with E-state index in [2.05, 4.69) is 34.7 Å². The molecule has 0 radical (unpaired) electrons. The number of likely N-dealkylation sites (N-methyl/N-ethyl adjacent to an activating group) is 1. The number of nitrogens with zero attached hydrogens (tertiary/aromatic N) is 1. The van der Waals surface area contributed by atoms with Crippen molar-refractivity contribution in [2.24, 2.45) is 0 Å². The number of rotatable bonds is 7. The number of allylic oxidation sites excluding steroid dienone is 2. The van der Waals surface area contributed by atoms with Crippen LogP contribution in [0.5, 0.6) is 0 Å². The Morgan fingerprint density at radius 1 is 1.21 bits per heavy atom. The van der Waals surface area contributed by atoms with Gasteiger partial charge in [0.25, 0.3) is 5.91 Å². The topological polar surface area (TPSA) is 56.4 Å². The van der Waals surface area contributed by atoms with Gasteiger partial charge >= 0.3 is 0 Å². The molecule has 5 nitrogen and oxygen atoms in total. The fourth-order valence-electron chi connectivity index (χ4n) is 3.93. The third kappa shape index (κ3) is 3.14. The van der Waals surface area contributed by atoms with Crippen molar-refractivity contribution in [1.29, 1.82) is 0 Å². The van der Waals surface area contributed by atoms with Crippen LogP contribution in [0.4, 0.5) is 15.8 Å². The Labute approximate surface area is 164 Å². The standard InChI is InChI=1S/C22H25FN4O/c1-3-27(4-2)12-11-25-18-13-14(16-7-5-6-10-24-16)19-21-17(26-22(19)28)9-8-15(23)20(18)21/h5-9,13,24-25H,3-4,10-12H2,1-2H3,(H,26,28). The van der Waals surface area contributed by atoms with Crippen molar-refractivity contribution in [2.45, 2.75) is 13.8 Å². The predicted octanol–water partition coefficient (Wildman–Crippen LogP) is 3.80. The maximum Gasteiger partial charge on any atom is 0.257 e. The van der Waals surface area contributed by atoms with E-state index in [4.69, 9.17) is 0 Å². The zero-order valence-electron chi connectivity index (χ0n) is 16.2. The van der Waals surface area contributed by atoms with Crippen LogP contribution >= 0.6 is 0 Å². The summed E-state index contributed by atoms with van der Waals surface area (Å²) in [6, 6.07) is 4.96. The van der Waals surface area contributed by atoms with E-state index in [1.165, 1.54) is 6.07 Å². The number of carbonyl (C=O) groups excluding carboxylic acids is 1. The minimum absolute atomic E-state index is 0.187. The third-order valence-corrected chi connectivity index (χ3v) is 5.44. The predicted molar refractivity (Wildman–Crippen MR) is 113 cm³/mol. The van der Waals surface area contributed by atoms with Crippen molar-refractivity contribution in [1.82, 2.24) is 10.2 Å². The van der Waals surface area contributed by atoms with Gasteiger partial charge in [-0.05, 0) is 37.4 Å². The number of carbonyl (C=O) groups is 1. The van der Waals surface area contributed by atoms with Crippen molar-refractivity contribution >= 4 is 33.8 Å². The molecular weight excluding hydrogens is 355 g/mol. The fraction of sp³-hybridized carbons (Fsp3) is 0.318. The molecule has 0 spiro atoms. The van der Waals surface area contributed by atoms with Crippen LogP contribution in [0.3, 0.4) is 0 Å². The number of halogens is 1. The van der Waals surface area contributed by atoms with Crippen LogP contribution in [-0.4, -0.2) is 43.5 Å². The maximum atomic E-state index is 14.8. The van der Waals surface area contributed by atoms with E-state index < -0.39 is 0 Å². The Bertz CT molecular complexity index is 992. The Kier molecular flexibility index (Phi) is 5.05. The van der Waals surface area contributed by atoms with Crippen LogP contribution in [0.1, 0.15) is 29.8 Å². The highest BCUT2D eigenvalue weighted by Crippen LogP contribution is 2.42. The molecule has 0 atom stereocenters. The van der Waals surface area contributed by atoms with Crippen LogP contribution in [0.25, 0.3) is 16.5 Å². The zero-order valence-corrected chi connectivity index (χ0v) is 16.2. The van der Waals surface area contributed by atoms with Gasteiger partial charge in [0.15, 0.2) is 0 Å². The fourth-order valence-corrected chi connectivity index (χ4v) is 3.93. The molecule has 28 heavy (non-hydrogen) atoms. The summed E-state index contributed by atoms with van der Waals surface area (Å²) in [4.78, 5) is 15.0. The molecule has 0 saturated carbocycles. The second kappa shape index (κ2) is 7.64. The number of hydrogen-bond donors (Lipinski definition) is 3. The number of benzene rings is 2. The third-order valence-electron chi connectivity index (χ3n) is 5.44. The van der Waals surface area contributed by atoms with Crippen molar-refractivity contribution < 1.29 is 9.18 Å². The first-order valence-corrected chi connectivity index (χ1v) is 9.81. The van der Waals surface area contributed by atoms with Crippen LogP contribution in [0.2, 0.25) is 0 Å². The van der Waals surface area contributed by atoms with E-state index in [-0.39, 0.29) is 11.7 Å². The number of hydrogen-bond acceptors (Lipinski definition) is 4. The first-order chi connectivity index (χ1) is 13.6. The Balaban J connectivity index is 1.82. The van der Waals surface area contributed by atoms with Gasteiger partial charge in [-0.2, -0.15) is 0 Å². The maximum absolute atomic E-state index is 14.8. The zero-order chi connectivity index (χ0) is 19.7. The molecule has 0 saturated heterocycles. The molecular formula is C22H25FN4O. The highest BCUT2D eigenvalue weighted by atomic mass is 19.1. The molecule has 0 fully saturated rings. The molecule has 4 rings (SSSR count). The van der Waals surface area contributed by atoms with Crippen LogP contribution in [0, 0.1) is 5.82 Å². The lowest BCUT2D eigenvalue weighted by atomic mass is 9.95. The quantitative estimate of drug-likeness (QED) is 0.684. The summed E-state index contributed by atoms with van der Waals surface area (Å²) in [6.07, 6.45) is 5.93. The monoisotopic (exact) mass is 380 g/mol. The molecule has 2 aliphatic rings. The van der Waals surface area contributed by atoms with E-state index in [0.717, 1.165) is 30.9 Å². The molecule has 6 heteroatoms. The SMILES string of the molecule is CCN(CC)CCNc1cc(C2=CC=CCN2)c2c3c(ccc(F)c13)NC2=O. The summed E-state index contributed by atoms with van der Waals surface area (Å²) in [6.45, 7) is 8.48. The van der Waals surface area contributed by atoms with Gasteiger partial charge in [-0.1, -0.05) is 26.0 Å². The lowest BCUT2D eigenvalue weighted by Crippen LogP contribution is -2.28. The minimum atomic E-state index is -0.320. The summed E-state index contributed by atoms with van der Waals surface area (Å²) in [5, 5.41) is 10.7. The lowest BCUT2D eigenvalue weighted by Gasteiger charge is -2.21. The van der Waals surface area contributed by atoms with Crippen molar-refractivity contribution in [3.63, 3.8) is 0 Å². The van der Waals surface area contributed by atoms with Crippen molar-refractivity contribution in [3.8, 4) is 0 Å². The van der Waals surface area contributed by atoms with Gasteiger partial charge in [-0.3, -0.25) is 4.79 Å². The van der Waals surface area contributed by atoms with Gasteiger partial charge in [0.1, 0.15) is 5.82 Å². The Morgan fingerprint density at radius 3 is 2.75 bits per heavy atom. The number of amides is 1. The Morgan fingerprint density at radius 2 is 2.04 bits per heavy atom. The summed E-state index contributed by atoms with van der Waals surface area (Å²) in [5.74, 6) is -0.508. The molecule has 0 bridgehead atoms. The highest BCUT2D eigenvalue weighted by Gasteiger charge is 2.29. The molecule has 146 valence electrons. The highest BCUT2D eigenvalue weighted by molar-refractivity contribution is 6.27. The summed E-state index contributed by atoms with van der Waals surface area (Å²) in [5.41, 5.74) is 3.58. The van der Waals surface area contributed by atoms with Crippen LogP contribution in [0.15, 0.2) is 36.4 Å². The number of anilines is 2. The van der Waals surface area contributed by atoms with Crippen molar-refractivity contribution in [3.05, 3.63) is 53.4 Å². The molecule has 1 amide bonds. The van der Waals surface area contributed by atoms with E-state index in [1.807, 2.05) is 24.3 Å². The van der Waals surface area contributed by atoms with Gasteiger partial charge in [0.05, 0.1) is 5.56 Å². The summed E-state index contributed by atoms with van der Waals surface area (Å²) >= 11 is 0. The molecule has 2 heterocycles. The van der Waals surface area contributed by atoms with Gasteiger partial charge in [0, 0.05) is 53.0 Å². The molecule has 2 aliphatic heterocycles. The minimum Gasteiger partial charge on any atom is -0.383 e. The smallest absolute Gasteiger partial charge is 0.257 e. The summed E-state index contributed by atoms with van der Waals surface area (Å²) < 4.78 is 14.8. The molecule has 3 N–H and O–H groups in total. The van der Waals surface area contributed by atoms with Gasteiger partial charge in [-0.25, -0.2) is 4.39 Å². The number of dihydropyridines is 1. The van der Waals surface area contributed by atoms with Crippen LogP contribution < -0.4 is 16.0 Å². The number of nitrogens with one attached hydrogen (secondary N) is 3. The van der Waals surface area contributed by atoms with Gasteiger partial charge in [-0.15, -0.1) is 0 Å². The van der Waals surface area contributed by atoms with Crippen LogP contribution in [-0.2, 0) is 0 Å². The molecule has 2 aromatic carbocycles. The van der Waals surface area contributed by atoms with Crippen molar-refractivity contribution in [2.75, 3.05) is 43.4 Å². The molecule has 0 aliphatic carbocycles. The molecule has 0 unspecified atom stereocenters. The second-order valence-corrected chi connectivity index (χ2v) is 6.99. The summed E-state index contributed by atoms with van der Waals surface area (Å²) in [7, 11) is 0. The van der Waals surface area contributed by atoms with Gasteiger partial charge in [0.2, 0.25) is 0 Å². The largest absolute Gasteiger partial charge is 0.383 e. The average molecular weight is 380 g/mol. The normalized spacial score (nSPS) is 15.0. The molecule has 0 aromatic heterocycles. The lowest BCUT2D eigenvalue weighted by molar-refractivity contribution is 0.103. The van der Waals surface area contributed by atoms with E-state index >= 15 is 0 Å². The van der Waals surface area contributed by atoms with E-state index in [0.29, 0.717) is 40.8 Å². The first kappa shape index (κ1) is 18.5.